The molecule has 3 aromatic carbocycles. The van der Waals surface area contributed by atoms with Crippen LogP contribution in [-0.2, 0) is 35.7 Å². The molecule has 0 spiro atoms. The first-order valence-electron chi connectivity index (χ1n) is 23.6. The average Bonchev–Trinajstić information content (AvgIpc) is 3.92. The van der Waals surface area contributed by atoms with Gasteiger partial charge >= 0.3 is 12.2 Å². The fraction of sp³-hybridized carbons (Fsp3) is 0.538. The van der Waals surface area contributed by atoms with Gasteiger partial charge in [-0.1, -0.05) is 116 Å². The molecule has 9 atom stereocenters. The summed E-state index contributed by atoms with van der Waals surface area (Å²) in [5, 5.41) is 24.9. The molecular formula is C52H67N7O8. The van der Waals surface area contributed by atoms with E-state index in [-0.39, 0.29) is 23.4 Å². The average molecular weight is 918 g/mol. The van der Waals surface area contributed by atoms with E-state index in [1.807, 2.05) is 64.1 Å². The monoisotopic (exact) mass is 918 g/mol. The maximum absolute atomic E-state index is 15.2. The molecule has 6 amide bonds. The van der Waals surface area contributed by atoms with E-state index in [9.17, 15) is 29.4 Å². The standard InChI is InChI=1S/C52H67N7O8/c1-29-28-37(36-12-10-26-57(36)51(43(62)55-45(64)65)33-18-14-30(15-19-33)39(41(53)60)48(51,5)6)59(35-24-22-32(23-25-35)47(2,3)4)50(29,9)38-13-11-27-58(38)52(44(63)56-46(66)67)34-20-16-31(17-21-34)40(42(54)61)49(52,7)8/h14-25,29,36-40H,10-13,26-28H2,1-9H3,(H2,53,60)(H2,54,61)(H,55,62)(H,56,63)(H,64,65)(H,66,67)/t29?,36?,37-,38?,39?,40?,50-,51-,52-/m0/s1. The quantitative estimate of drug-likeness (QED) is 0.136. The first-order chi connectivity index (χ1) is 31.3. The van der Waals surface area contributed by atoms with Crippen molar-refractivity contribution in [3.8, 4) is 0 Å². The molecule has 8 N–H and O–H groups in total. The Kier molecular flexibility index (Phi) is 11.5. The van der Waals surface area contributed by atoms with Crippen LogP contribution in [0.25, 0.3) is 0 Å². The molecule has 10 rings (SSSR count). The second-order valence-electron chi connectivity index (χ2n) is 22.1. The van der Waals surface area contributed by atoms with Crippen LogP contribution in [0.1, 0.15) is 134 Å². The lowest BCUT2D eigenvalue weighted by Gasteiger charge is -2.59. The third-order valence-corrected chi connectivity index (χ3v) is 17.3. The molecule has 3 fully saturated rings. The van der Waals surface area contributed by atoms with E-state index in [4.69, 9.17) is 11.5 Å². The van der Waals surface area contributed by atoms with Gasteiger partial charge in [0, 0.05) is 34.6 Å². The van der Waals surface area contributed by atoms with E-state index in [1.165, 1.54) is 0 Å². The number of primary amides is 2. The first kappa shape index (κ1) is 47.7. The fourth-order valence-electron chi connectivity index (χ4n) is 14.5. The number of nitrogens with zero attached hydrogens (tertiary/aromatic N) is 3. The number of carbonyl (C=O) groups is 6. The highest BCUT2D eigenvalue weighted by Gasteiger charge is 2.70. The molecule has 4 aliphatic carbocycles. The second-order valence-corrected chi connectivity index (χ2v) is 22.1. The van der Waals surface area contributed by atoms with Crippen molar-refractivity contribution in [3.63, 3.8) is 0 Å². The molecule has 15 nitrogen and oxygen atoms in total. The molecule has 358 valence electrons. The van der Waals surface area contributed by atoms with Gasteiger partial charge in [0.25, 0.3) is 11.8 Å². The zero-order chi connectivity index (χ0) is 49.0. The summed E-state index contributed by atoms with van der Waals surface area (Å²) in [5.74, 6) is -4.78. The number of nitrogens with one attached hydrogen (secondary N) is 2. The summed E-state index contributed by atoms with van der Waals surface area (Å²) >= 11 is 0. The zero-order valence-corrected chi connectivity index (χ0v) is 40.2. The van der Waals surface area contributed by atoms with E-state index in [0.29, 0.717) is 67.4 Å². The minimum absolute atomic E-state index is 0.0989. The van der Waals surface area contributed by atoms with Crippen molar-refractivity contribution in [1.82, 2.24) is 20.4 Å². The smallest absolute Gasteiger partial charge is 0.411 e. The normalized spacial score (nSPS) is 32.1. The number of anilines is 1. The Balaban J connectivity index is 1.35. The van der Waals surface area contributed by atoms with Crippen LogP contribution in [0, 0.1) is 16.7 Å². The summed E-state index contributed by atoms with van der Waals surface area (Å²) < 4.78 is 0. The maximum atomic E-state index is 15.2. The molecule has 3 aromatic rings. The highest BCUT2D eigenvalue weighted by molar-refractivity contribution is 6.01. The molecule has 5 unspecified atom stereocenters. The van der Waals surface area contributed by atoms with E-state index >= 15 is 9.59 Å². The fourth-order valence-corrected chi connectivity index (χ4v) is 14.5. The van der Waals surface area contributed by atoms with Crippen LogP contribution in [0.15, 0.2) is 72.8 Å². The summed E-state index contributed by atoms with van der Waals surface area (Å²) in [5.41, 5.74) is 10.1. The SMILES string of the molecule is CC1C[C@@H](C2CCCN2[C@]2(C(=O)NC(=O)O)c3ccc(cc3)C(C(N)=O)C2(C)C)N(c2ccc(C(C)(C)C)cc2)[C@]1(C)C1CCCN1[C@]1(C(=O)NC(=O)O)c2ccc(cc2)C(C(N)=O)C1(C)C. The van der Waals surface area contributed by atoms with Crippen molar-refractivity contribution >= 4 is 41.5 Å². The number of carbonyl (C=O) groups excluding carboxylic acids is 4. The Morgan fingerprint density at radius 1 is 0.627 bits per heavy atom. The molecule has 0 saturated carbocycles. The highest BCUT2D eigenvalue weighted by Crippen LogP contribution is 2.62. The number of imide groups is 2. The molecule has 3 heterocycles. The van der Waals surface area contributed by atoms with Crippen molar-refractivity contribution in [3.05, 3.63) is 101 Å². The maximum Gasteiger partial charge on any atom is 0.411 e. The Labute approximate surface area is 393 Å². The van der Waals surface area contributed by atoms with E-state index in [1.54, 1.807) is 12.1 Å². The van der Waals surface area contributed by atoms with Crippen LogP contribution in [-0.4, -0.2) is 92.6 Å². The van der Waals surface area contributed by atoms with Gasteiger partial charge in [-0.05, 0) is 103 Å². The number of nitrogens with two attached hydrogens (primary N) is 2. The van der Waals surface area contributed by atoms with Gasteiger partial charge in [0.05, 0.1) is 17.4 Å². The number of hydrogen-bond acceptors (Lipinski definition) is 9. The molecule has 7 aliphatic rings. The van der Waals surface area contributed by atoms with Crippen LogP contribution in [0.2, 0.25) is 0 Å². The summed E-state index contributed by atoms with van der Waals surface area (Å²) in [6.07, 6.45) is 0.201. The van der Waals surface area contributed by atoms with E-state index in [0.717, 1.165) is 11.3 Å². The molecule has 15 heteroatoms. The van der Waals surface area contributed by atoms with Gasteiger partial charge in [0.15, 0.2) is 0 Å². The number of carboxylic acid groups (broad SMARTS) is 2. The van der Waals surface area contributed by atoms with Crippen LogP contribution in [0.4, 0.5) is 15.3 Å². The van der Waals surface area contributed by atoms with Gasteiger partial charge in [0.2, 0.25) is 11.8 Å². The van der Waals surface area contributed by atoms with E-state index < -0.39 is 81.1 Å². The largest absolute Gasteiger partial charge is 0.465 e. The molecule has 3 aliphatic heterocycles. The Morgan fingerprint density at radius 2 is 1.06 bits per heavy atom. The van der Waals surface area contributed by atoms with Crippen LogP contribution in [0.5, 0.6) is 0 Å². The lowest BCUT2D eigenvalue weighted by molar-refractivity contribution is -0.151. The predicted octanol–water partition coefficient (Wildman–Crippen LogP) is 6.48. The molecule has 0 radical (unpaired) electrons. The van der Waals surface area contributed by atoms with Gasteiger partial charge in [-0.3, -0.25) is 39.6 Å². The van der Waals surface area contributed by atoms with Crippen molar-refractivity contribution in [2.75, 3.05) is 18.0 Å². The van der Waals surface area contributed by atoms with Gasteiger partial charge < -0.3 is 26.6 Å². The first-order valence-corrected chi connectivity index (χ1v) is 23.6. The minimum Gasteiger partial charge on any atom is -0.465 e. The summed E-state index contributed by atoms with van der Waals surface area (Å²) in [6, 6.07) is 21.9. The number of rotatable bonds is 9. The van der Waals surface area contributed by atoms with Crippen molar-refractivity contribution < 1.29 is 39.0 Å². The van der Waals surface area contributed by atoms with Crippen molar-refractivity contribution in [2.45, 2.75) is 146 Å². The summed E-state index contributed by atoms with van der Waals surface area (Å²) in [7, 11) is 0. The van der Waals surface area contributed by atoms with Crippen molar-refractivity contribution in [1.29, 1.82) is 0 Å². The highest BCUT2D eigenvalue weighted by atomic mass is 16.4. The minimum atomic E-state index is -1.70. The van der Waals surface area contributed by atoms with Crippen LogP contribution < -0.4 is 27.0 Å². The third kappa shape index (κ3) is 6.72. The molecular weight excluding hydrogens is 851 g/mol. The Hall–Kier alpha value is -5.80. The van der Waals surface area contributed by atoms with Gasteiger partial charge in [0.1, 0.15) is 11.1 Å². The van der Waals surface area contributed by atoms with Crippen molar-refractivity contribution in [2.24, 2.45) is 28.2 Å². The van der Waals surface area contributed by atoms with Gasteiger partial charge in [-0.25, -0.2) is 9.59 Å². The lowest BCUT2D eigenvalue weighted by atomic mass is 9.59. The molecule has 0 aromatic heterocycles. The summed E-state index contributed by atoms with van der Waals surface area (Å²) in [6.45, 7) is 19.1. The summed E-state index contributed by atoms with van der Waals surface area (Å²) in [4.78, 5) is 89.6. The van der Waals surface area contributed by atoms with Crippen LogP contribution in [0.3, 0.4) is 0 Å². The molecule has 4 bridgehead atoms. The van der Waals surface area contributed by atoms with Gasteiger partial charge in [-0.2, -0.15) is 0 Å². The topological polar surface area (TPSA) is 229 Å². The predicted molar refractivity (Wildman–Crippen MR) is 253 cm³/mol. The Bertz CT molecular complexity index is 2500. The Morgan fingerprint density at radius 3 is 1.49 bits per heavy atom. The van der Waals surface area contributed by atoms with E-state index in [2.05, 4.69) is 84.2 Å². The third-order valence-electron chi connectivity index (χ3n) is 17.3. The molecule has 3 saturated heterocycles. The van der Waals surface area contributed by atoms with Gasteiger partial charge in [-0.15, -0.1) is 0 Å². The number of amides is 6. The zero-order valence-electron chi connectivity index (χ0n) is 40.2. The number of likely N-dealkylation sites (tertiary alicyclic amines) is 2. The molecule has 67 heavy (non-hydrogen) atoms. The number of benzene rings is 3. The number of fused-ring (bicyclic) bond motifs is 8. The second kappa shape index (κ2) is 16.2. The number of hydrogen-bond donors (Lipinski definition) is 6. The van der Waals surface area contributed by atoms with Crippen LogP contribution >= 0.6 is 0 Å². The lowest BCUT2D eigenvalue weighted by Crippen LogP contribution is -2.72.